The Morgan fingerprint density at radius 3 is 1.70 bits per heavy atom. The maximum atomic E-state index is 11.3. The Hall–Kier alpha value is -0.230. The highest BCUT2D eigenvalue weighted by Crippen LogP contribution is 2.36. The van der Waals surface area contributed by atoms with Gasteiger partial charge in [-0.2, -0.15) is 0 Å². The second kappa shape index (κ2) is 7.69. The molecule has 20 heavy (non-hydrogen) atoms. The molecule has 14 heteroatoms. The van der Waals surface area contributed by atoms with Gasteiger partial charge in [0.25, 0.3) is 0 Å². The summed E-state index contributed by atoms with van der Waals surface area (Å²) in [6.45, 7) is -2.25. The molecule has 7 N–H and O–H groups in total. The largest absolute Gasteiger partial charge is 0.469 e. The molecule has 0 fully saturated rings. The van der Waals surface area contributed by atoms with Crippen molar-refractivity contribution >= 4 is 21.4 Å². The minimum absolute atomic E-state index is 1.11. The fourth-order valence-electron chi connectivity index (χ4n) is 0.901. The number of carbonyl (C=O) groups is 1. The molecule has 0 saturated carbocycles. The number of hydrogen-bond donors (Lipinski definition) is 7. The van der Waals surface area contributed by atoms with Crippen LogP contribution in [0.5, 0.6) is 0 Å². The van der Waals surface area contributed by atoms with Gasteiger partial charge in [-0.25, -0.2) is 9.13 Å². The highest BCUT2D eigenvalue weighted by molar-refractivity contribution is 7.46. The van der Waals surface area contributed by atoms with Crippen molar-refractivity contribution in [3.05, 3.63) is 0 Å². The maximum Gasteiger partial charge on any atom is 0.469 e. The first-order valence-corrected chi connectivity index (χ1v) is 7.87. The van der Waals surface area contributed by atoms with E-state index in [0.717, 1.165) is 0 Å². The van der Waals surface area contributed by atoms with Crippen molar-refractivity contribution < 1.29 is 57.9 Å². The standard InChI is InChI=1S/C6H14O12P2/c7-3(1-17-19(11,12)13)5(9)6(10)4(8)2-18-20(14,15)16/h3-5,7-9H,1-2H2,(H2,11,12,13)(H2,14,15,16)/t3-,4?,5-/m1/s1. The maximum absolute atomic E-state index is 11.3. The lowest BCUT2D eigenvalue weighted by atomic mass is 10.1. The molecule has 0 aromatic rings. The topological polar surface area (TPSA) is 211 Å². The van der Waals surface area contributed by atoms with Crippen LogP contribution in [0.1, 0.15) is 0 Å². The number of ketones is 1. The quantitative estimate of drug-likeness (QED) is 0.207. The van der Waals surface area contributed by atoms with Crippen molar-refractivity contribution in [3.63, 3.8) is 0 Å². The van der Waals surface area contributed by atoms with Crippen molar-refractivity contribution in [1.29, 1.82) is 0 Å². The summed E-state index contributed by atoms with van der Waals surface area (Å²) in [6, 6.07) is 0. The molecule has 120 valence electrons. The molecule has 0 aliphatic rings. The third-order valence-corrected chi connectivity index (χ3v) is 2.77. The fraction of sp³-hybridized carbons (Fsp3) is 0.833. The van der Waals surface area contributed by atoms with Crippen LogP contribution in [0.4, 0.5) is 0 Å². The van der Waals surface area contributed by atoms with Crippen molar-refractivity contribution in [2.75, 3.05) is 13.2 Å². The van der Waals surface area contributed by atoms with Gasteiger partial charge in [0.2, 0.25) is 0 Å². The van der Waals surface area contributed by atoms with Crippen LogP contribution in [0.15, 0.2) is 0 Å². The lowest BCUT2D eigenvalue weighted by Gasteiger charge is -2.19. The van der Waals surface area contributed by atoms with Crippen LogP contribution in [-0.2, 0) is 23.0 Å². The van der Waals surface area contributed by atoms with Crippen LogP contribution in [0, 0.1) is 0 Å². The molecule has 0 spiro atoms. The van der Waals surface area contributed by atoms with Gasteiger partial charge in [0.1, 0.15) is 18.3 Å². The van der Waals surface area contributed by atoms with E-state index in [0.29, 0.717) is 0 Å². The van der Waals surface area contributed by atoms with Gasteiger partial charge < -0.3 is 34.9 Å². The predicted molar refractivity (Wildman–Crippen MR) is 59.0 cm³/mol. The Labute approximate surface area is 112 Å². The molecule has 0 amide bonds. The number of rotatable bonds is 9. The Morgan fingerprint density at radius 2 is 1.30 bits per heavy atom. The van der Waals surface area contributed by atoms with Gasteiger partial charge in [0.05, 0.1) is 13.2 Å². The molecule has 0 bridgehead atoms. The van der Waals surface area contributed by atoms with E-state index < -0.39 is 53.0 Å². The molecule has 0 aromatic heterocycles. The van der Waals surface area contributed by atoms with Crippen molar-refractivity contribution in [2.45, 2.75) is 18.3 Å². The molecule has 0 aromatic carbocycles. The molecular weight excluding hydrogens is 326 g/mol. The first-order chi connectivity index (χ1) is 8.83. The van der Waals surface area contributed by atoms with Crippen LogP contribution in [0.3, 0.4) is 0 Å². The van der Waals surface area contributed by atoms with E-state index in [-0.39, 0.29) is 0 Å². The molecule has 0 radical (unpaired) electrons. The first-order valence-electron chi connectivity index (χ1n) is 4.81. The number of hydrogen-bond acceptors (Lipinski definition) is 8. The summed E-state index contributed by atoms with van der Waals surface area (Å²) in [5.74, 6) is -1.47. The number of phosphoric ester groups is 2. The SMILES string of the molecule is O=C(C(O)COP(=O)(O)O)[C@H](O)[C@H](O)COP(=O)(O)O. The molecule has 1 unspecified atom stereocenters. The van der Waals surface area contributed by atoms with Crippen LogP contribution in [0.25, 0.3) is 0 Å². The Bertz CT molecular complexity index is 410. The Morgan fingerprint density at radius 1 is 0.900 bits per heavy atom. The smallest absolute Gasteiger partial charge is 0.388 e. The number of Topliss-reactive ketones (excluding diaryl/α,β-unsaturated/α-hetero) is 1. The monoisotopic (exact) mass is 340 g/mol. The van der Waals surface area contributed by atoms with E-state index in [1.54, 1.807) is 0 Å². The molecule has 0 saturated heterocycles. The third kappa shape index (κ3) is 8.84. The highest BCUT2D eigenvalue weighted by atomic mass is 31.2. The number of carbonyl (C=O) groups excluding carboxylic acids is 1. The number of aliphatic hydroxyl groups is 3. The summed E-state index contributed by atoms with van der Waals surface area (Å²) >= 11 is 0. The highest BCUT2D eigenvalue weighted by Gasteiger charge is 2.32. The zero-order valence-corrected chi connectivity index (χ0v) is 11.5. The van der Waals surface area contributed by atoms with Gasteiger partial charge in [-0.15, -0.1) is 0 Å². The van der Waals surface area contributed by atoms with E-state index in [2.05, 4.69) is 9.05 Å². The summed E-state index contributed by atoms with van der Waals surface area (Å²) < 4.78 is 28.2. The lowest BCUT2D eigenvalue weighted by Crippen LogP contribution is -2.43. The van der Waals surface area contributed by atoms with Gasteiger partial charge in [0.15, 0.2) is 5.78 Å². The van der Waals surface area contributed by atoms with E-state index in [1.807, 2.05) is 0 Å². The van der Waals surface area contributed by atoms with E-state index >= 15 is 0 Å². The average molecular weight is 340 g/mol. The average Bonchev–Trinajstić information content (AvgIpc) is 2.29. The molecule has 0 aliphatic carbocycles. The van der Waals surface area contributed by atoms with Crippen molar-refractivity contribution in [1.82, 2.24) is 0 Å². The fourth-order valence-corrected chi connectivity index (χ4v) is 1.58. The molecule has 0 rings (SSSR count). The molecular formula is C6H14O12P2. The van der Waals surface area contributed by atoms with Crippen molar-refractivity contribution in [3.8, 4) is 0 Å². The van der Waals surface area contributed by atoms with Crippen molar-refractivity contribution in [2.24, 2.45) is 0 Å². The second-order valence-electron chi connectivity index (χ2n) is 3.50. The van der Waals surface area contributed by atoms with E-state index in [9.17, 15) is 24.1 Å². The zero-order chi connectivity index (χ0) is 16.1. The zero-order valence-electron chi connectivity index (χ0n) is 9.71. The molecule has 0 heterocycles. The van der Waals surface area contributed by atoms with Crippen LogP contribution < -0.4 is 0 Å². The molecule has 12 nitrogen and oxygen atoms in total. The third-order valence-electron chi connectivity index (χ3n) is 1.80. The molecule has 3 atom stereocenters. The van der Waals surface area contributed by atoms with Gasteiger partial charge in [-0.1, -0.05) is 0 Å². The van der Waals surface area contributed by atoms with Gasteiger partial charge >= 0.3 is 15.6 Å². The first kappa shape index (κ1) is 19.8. The number of aliphatic hydroxyl groups excluding tert-OH is 3. The predicted octanol–water partition coefficient (Wildman–Crippen LogP) is -3.14. The minimum Gasteiger partial charge on any atom is -0.388 e. The summed E-state index contributed by atoms with van der Waals surface area (Å²) in [5.41, 5.74) is 0. The van der Waals surface area contributed by atoms with Gasteiger partial charge in [0, 0.05) is 0 Å². The normalized spacial score (nSPS) is 17.6. The van der Waals surface area contributed by atoms with E-state index in [4.69, 9.17) is 24.7 Å². The summed E-state index contributed by atoms with van der Waals surface area (Å²) in [6.07, 6.45) is -6.53. The van der Waals surface area contributed by atoms with Gasteiger partial charge in [-0.05, 0) is 0 Å². The van der Waals surface area contributed by atoms with Gasteiger partial charge in [-0.3, -0.25) is 13.8 Å². The van der Waals surface area contributed by atoms with Crippen LogP contribution >= 0.6 is 15.6 Å². The minimum atomic E-state index is -4.93. The summed E-state index contributed by atoms with van der Waals surface area (Å²) in [5, 5.41) is 27.6. The van der Waals surface area contributed by atoms with Crippen LogP contribution in [0.2, 0.25) is 0 Å². The summed E-state index contributed by atoms with van der Waals surface area (Å²) in [4.78, 5) is 44.6. The number of phosphoric acid groups is 2. The van der Waals surface area contributed by atoms with E-state index in [1.165, 1.54) is 0 Å². The second-order valence-corrected chi connectivity index (χ2v) is 5.98. The van der Waals surface area contributed by atoms with Crippen LogP contribution in [-0.4, -0.2) is 72.2 Å². The lowest BCUT2D eigenvalue weighted by molar-refractivity contribution is -0.144. The molecule has 0 aliphatic heterocycles. The summed E-state index contributed by atoms with van der Waals surface area (Å²) in [7, 11) is -9.85. The Kier molecular flexibility index (Phi) is 7.60. The Balaban J connectivity index is 4.38.